The SMILES string of the molecule is CCc1ccccc1Oc1cc(Br)ccc1OC1CCCCO1. The summed E-state index contributed by atoms with van der Waals surface area (Å²) in [5.74, 6) is 2.28. The molecule has 4 heteroatoms. The van der Waals surface area contributed by atoms with E-state index in [0.29, 0.717) is 11.5 Å². The Morgan fingerprint density at radius 3 is 2.74 bits per heavy atom. The van der Waals surface area contributed by atoms with E-state index in [-0.39, 0.29) is 6.29 Å². The van der Waals surface area contributed by atoms with E-state index in [0.717, 1.165) is 42.5 Å². The minimum atomic E-state index is -0.186. The summed E-state index contributed by atoms with van der Waals surface area (Å²) in [6.45, 7) is 2.88. The Morgan fingerprint density at radius 1 is 1.09 bits per heavy atom. The summed E-state index contributed by atoms with van der Waals surface area (Å²) in [6.07, 6.45) is 3.89. The van der Waals surface area contributed by atoms with Crippen molar-refractivity contribution in [1.29, 1.82) is 0 Å². The van der Waals surface area contributed by atoms with Gasteiger partial charge < -0.3 is 14.2 Å². The number of para-hydroxylation sites is 1. The van der Waals surface area contributed by atoms with Crippen LogP contribution in [-0.4, -0.2) is 12.9 Å². The summed E-state index contributed by atoms with van der Waals surface area (Å²) >= 11 is 3.50. The molecule has 0 radical (unpaired) electrons. The molecular weight excluding hydrogens is 356 g/mol. The fourth-order valence-corrected chi connectivity index (χ4v) is 2.96. The summed E-state index contributed by atoms with van der Waals surface area (Å²) < 4.78 is 18.8. The monoisotopic (exact) mass is 376 g/mol. The average Bonchev–Trinajstić information content (AvgIpc) is 2.59. The number of hydrogen-bond acceptors (Lipinski definition) is 3. The van der Waals surface area contributed by atoms with Gasteiger partial charge in [0.05, 0.1) is 6.61 Å². The molecule has 3 rings (SSSR count). The van der Waals surface area contributed by atoms with E-state index < -0.39 is 0 Å². The van der Waals surface area contributed by atoms with Crippen molar-refractivity contribution in [2.45, 2.75) is 38.9 Å². The predicted octanol–water partition coefficient (Wildman–Crippen LogP) is 5.71. The second kappa shape index (κ2) is 7.84. The molecule has 1 atom stereocenters. The van der Waals surface area contributed by atoms with Crippen LogP contribution in [0.2, 0.25) is 0 Å². The minimum absolute atomic E-state index is 0.186. The second-order valence-corrected chi connectivity index (χ2v) is 6.48. The van der Waals surface area contributed by atoms with Gasteiger partial charge in [0.2, 0.25) is 0 Å². The van der Waals surface area contributed by atoms with Gasteiger partial charge in [0.25, 0.3) is 0 Å². The van der Waals surface area contributed by atoms with Crippen molar-refractivity contribution in [3.05, 3.63) is 52.5 Å². The predicted molar refractivity (Wildman–Crippen MR) is 94.3 cm³/mol. The van der Waals surface area contributed by atoms with Gasteiger partial charge in [-0.15, -0.1) is 0 Å². The molecule has 0 saturated carbocycles. The molecule has 2 aromatic carbocycles. The second-order valence-electron chi connectivity index (χ2n) is 5.57. The Bertz CT molecular complexity index is 651. The summed E-state index contributed by atoms with van der Waals surface area (Å²) in [5, 5.41) is 0. The van der Waals surface area contributed by atoms with Crippen LogP contribution < -0.4 is 9.47 Å². The summed E-state index contributed by atoms with van der Waals surface area (Å²) in [7, 11) is 0. The van der Waals surface area contributed by atoms with Crippen LogP contribution in [0.25, 0.3) is 0 Å². The standard InChI is InChI=1S/C19H21BrO3/c1-2-14-7-3-4-8-16(14)22-18-13-15(20)10-11-17(18)23-19-9-5-6-12-21-19/h3-4,7-8,10-11,13,19H,2,5-6,9,12H2,1H3. The molecule has 0 spiro atoms. The summed E-state index contributed by atoms with van der Waals surface area (Å²) in [6, 6.07) is 13.9. The van der Waals surface area contributed by atoms with E-state index >= 15 is 0 Å². The van der Waals surface area contributed by atoms with E-state index in [1.807, 2.05) is 36.4 Å². The molecule has 1 heterocycles. The van der Waals surface area contributed by atoms with Crippen molar-refractivity contribution < 1.29 is 14.2 Å². The Balaban J connectivity index is 1.83. The van der Waals surface area contributed by atoms with Crippen LogP contribution in [0.3, 0.4) is 0 Å². The normalized spacial score (nSPS) is 17.7. The zero-order valence-corrected chi connectivity index (χ0v) is 14.8. The average molecular weight is 377 g/mol. The smallest absolute Gasteiger partial charge is 0.200 e. The molecule has 23 heavy (non-hydrogen) atoms. The van der Waals surface area contributed by atoms with E-state index in [1.54, 1.807) is 0 Å². The number of benzene rings is 2. The lowest BCUT2D eigenvalue weighted by molar-refractivity contribution is -0.106. The van der Waals surface area contributed by atoms with Crippen LogP contribution in [0.4, 0.5) is 0 Å². The maximum absolute atomic E-state index is 6.14. The third-order valence-corrected chi connectivity index (χ3v) is 4.37. The fourth-order valence-electron chi connectivity index (χ4n) is 2.62. The van der Waals surface area contributed by atoms with Crippen molar-refractivity contribution in [3.63, 3.8) is 0 Å². The maximum Gasteiger partial charge on any atom is 0.200 e. The number of rotatable bonds is 5. The highest BCUT2D eigenvalue weighted by molar-refractivity contribution is 9.10. The molecule has 1 unspecified atom stereocenters. The van der Waals surface area contributed by atoms with Crippen molar-refractivity contribution in [3.8, 4) is 17.2 Å². The molecular formula is C19H21BrO3. The zero-order valence-electron chi connectivity index (χ0n) is 13.3. The van der Waals surface area contributed by atoms with E-state index in [9.17, 15) is 0 Å². The summed E-state index contributed by atoms with van der Waals surface area (Å²) in [4.78, 5) is 0. The molecule has 3 nitrogen and oxygen atoms in total. The Kier molecular flexibility index (Phi) is 5.57. The van der Waals surface area contributed by atoms with E-state index in [1.165, 1.54) is 5.56 Å². The van der Waals surface area contributed by atoms with Gasteiger partial charge in [-0.25, -0.2) is 0 Å². The number of aryl methyl sites for hydroxylation is 1. The van der Waals surface area contributed by atoms with Crippen LogP contribution in [0.5, 0.6) is 17.2 Å². The van der Waals surface area contributed by atoms with Crippen LogP contribution in [0.15, 0.2) is 46.9 Å². The van der Waals surface area contributed by atoms with Crippen LogP contribution in [0, 0.1) is 0 Å². The Labute approximate surface area is 145 Å². The fraction of sp³-hybridized carbons (Fsp3) is 0.368. The van der Waals surface area contributed by atoms with Crippen molar-refractivity contribution in [2.75, 3.05) is 6.61 Å². The van der Waals surface area contributed by atoms with Gasteiger partial charge in [-0.05, 0) is 49.1 Å². The van der Waals surface area contributed by atoms with Crippen molar-refractivity contribution in [2.24, 2.45) is 0 Å². The summed E-state index contributed by atoms with van der Waals surface area (Å²) in [5.41, 5.74) is 1.17. The van der Waals surface area contributed by atoms with Crippen LogP contribution in [0.1, 0.15) is 31.7 Å². The lowest BCUT2D eigenvalue weighted by atomic mass is 10.1. The molecule has 1 aliphatic heterocycles. The molecule has 0 bridgehead atoms. The third-order valence-electron chi connectivity index (χ3n) is 3.88. The van der Waals surface area contributed by atoms with E-state index in [4.69, 9.17) is 14.2 Å². The van der Waals surface area contributed by atoms with Gasteiger partial charge in [0.15, 0.2) is 17.8 Å². The van der Waals surface area contributed by atoms with Gasteiger partial charge in [0, 0.05) is 10.9 Å². The van der Waals surface area contributed by atoms with Gasteiger partial charge in [-0.3, -0.25) is 0 Å². The molecule has 2 aromatic rings. The molecule has 1 fully saturated rings. The molecule has 122 valence electrons. The number of ether oxygens (including phenoxy) is 3. The molecule has 0 aromatic heterocycles. The van der Waals surface area contributed by atoms with Crippen molar-refractivity contribution >= 4 is 15.9 Å². The first kappa shape index (κ1) is 16.3. The minimum Gasteiger partial charge on any atom is -0.461 e. The number of halogens is 1. The number of hydrogen-bond donors (Lipinski definition) is 0. The van der Waals surface area contributed by atoms with Crippen LogP contribution >= 0.6 is 15.9 Å². The molecule has 0 amide bonds. The zero-order chi connectivity index (χ0) is 16.1. The first-order valence-electron chi connectivity index (χ1n) is 8.10. The highest BCUT2D eigenvalue weighted by atomic mass is 79.9. The highest BCUT2D eigenvalue weighted by Crippen LogP contribution is 2.36. The van der Waals surface area contributed by atoms with Crippen molar-refractivity contribution in [1.82, 2.24) is 0 Å². The Hall–Kier alpha value is -1.52. The maximum atomic E-state index is 6.14. The molecule has 1 aliphatic rings. The largest absolute Gasteiger partial charge is 0.461 e. The molecule has 1 saturated heterocycles. The van der Waals surface area contributed by atoms with E-state index in [2.05, 4.69) is 28.9 Å². The van der Waals surface area contributed by atoms with Crippen LogP contribution in [-0.2, 0) is 11.2 Å². The van der Waals surface area contributed by atoms with Gasteiger partial charge in [0.1, 0.15) is 5.75 Å². The lowest BCUT2D eigenvalue weighted by Gasteiger charge is -2.24. The molecule has 0 N–H and O–H groups in total. The van der Waals surface area contributed by atoms with Gasteiger partial charge in [-0.1, -0.05) is 41.1 Å². The lowest BCUT2D eigenvalue weighted by Crippen LogP contribution is -2.25. The first-order valence-corrected chi connectivity index (χ1v) is 8.89. The molecule has 0 aliphatic carbocycles. The van der Waals surface area contributed by atoms with Gasteiger partial charge >= 0.3 is 0 Å². The Morgan fingerprint density at radius 2 is 1.96 bits per heavy atom. The van der Waals surface area contributed by atoms with Gasteiger partial charge in [-0.2, -0.15) is 0 Å². The topological polar surface area (TPSA) is 27.7 Å². The highest BCUT2D eigenvalue weighted by Gasteiger charge is 2.18. The third kappa shape index (κ3) is 4.27. The first-order chi connectivity index (χ1) is 11.3. The quantitative estimate of drug-likeness (QED) is 0.668.